The van der Waals surface area contributed by atoms with Crippen LogP contribution in [0.2, 0.25) is 0 Å². The third-order valence-corrected chi connectivity index (χ3v) is 4.89. The van der Waals surface area contributed by atoms with E-state index >= 15 is 0 Å². The van der Waals surface area contributed by atoms with Crippen molar-refractivity contribution in [2.45, 2.75) is 50.5 Å². The standard InChI is InChI=1S/C15H21BrN2/c16-13-6-7-14(17-11-13)10-15(12-4-5-12)8-2-1-3-9-18-15/h6-7,11-12,18H,1-5,8-10H2. The molecule has 1 atom stereocenters. The Morgan fingerprint density at radius 3 is 2.89 bits per heavy atom. The van der Waals surface area contributed by atoms with Gasteiger partial charge in [0.15, 0.2) is 0 Å². The molecule has 3 rings (SSSR count). The summed E-state index contributed by atoms with van der Waals surface area (Å²) in [5.74, 6) is 0.890. The van der Waals surface area contributed by atoms with Gasteiger partial charge in [-0.1, -0.05) is 12.8 Å². The molecule has 0 bridgehead atoms. The molecule has 1 saturated carbocycles. The van der Waals surface area contributed by atoms with Crippen LogP contribution in [0, 0.1) is 5.92 Å². The van der Waals surface area contributed by atoms with Crippen LogP contribution in [-0.4, -0.2) is 17.1 Å². The minimum Gasteiger partial charge on any atom is -0.311 e. The first-order chi connectivity index (χ1) is 8.78. The van der Waals surface area contributed by atoms with Crippen molar-refractivity contribution in [2.75, 3.05) is 6.54 Å². The first-order valence-corrected chi connectivity index (χ1v) is 7.93. The highest BCUT2D eigenvalue weighted by atomic mass is 79.9. The number of nitrogens with zero attached hydrogens (tertiary/aromatic N) is 1. The number of rotatable bonds is 3. The fourth-order valence-electron chi connectivity index (χ4n) is 3.28. The zero-order valence-corrected chi connectivity index (χ0v) is 12.4. The van der Waals surface area contributed by atoms with E-state index in [1.807, 2.05) is 6.20 Å². The zero-order valence-electron chi connectivity index (χ0n) is 10.8. The molecule has 0 amide bonds. The number of halogens is 1. The van der Waals surface area contributed by atoms with Gasteiger partial charge in [0.05, 0.1) is 0 Å². The molecule has 2 fully saturated rings. The lowest BCUT2D eigenvalue weighted by Crippen LogP contribution is -2.48. The van der Waals surface area contributed by atoms with E-state index in [-0.39, 0.29) is 0 Å². The van der Waals surface area contributed by atoms with Crippen molar-refractivity contribution in [3.8, 4) is 0 Å². The van der Waals surface area contributed by atoms with E-state index in [0.717, 1.165) is 16.8 Å². The van der Waals surface area contributed by atoms with Gasteiger partial charge in [0.25, 0.3) is 0 Å². The Morgan fingerprint density at radius 1 is 1.28 bits per heavy atom. The molecule has 1 aromatic heterocycles. The summed E-state index contributed by atoms with van der Waals surface area (Å²) in [5, 5.41) is 3.87. The van der Waals surface area contributed by atoms with E-state index < -0.39 is 0 Å². The Labute approximate surface area is 118 Å². The maximum atomic E-state index is 4.57. The molecule has 2 heterocycles. The second-order valence-electron chi connectivity index (χ2n) is 5.81. The fraction of sp³-hybridized carbons (Fsp3) is 0.667. The predicted molar refractivity (Wildman–Crippen MR) is 77.6 cm³/mol. The van der Waals surface area contributed by atoms with Crippen molar-refractivity contribution >= 4 is 15.9 Å². The van der Waals surface area contributed by atoms with Crippen LogP contribution in [0.15, 0.2) is 22.8 Å². The largest absolute Gasteiger partial charge is 0.311 e. The third kappa shape index (κ3) is 2.77. The quantitative estimate of drug-likeness (QED) is 0.921. The molecule has 1 N–H and O–H groups in total. The molecule has 0 spiro atoms. The van der Waals surface area contributed by atoms with Gasteiger partial charge in [-0.25, -0.2) is 0 Å². The summed E-state index contributed by atoms with van der Waals surface area (Å²) in [6.45, 7) is 1.19. The van der Waals surface area contributed by atoms with E-state index in [0.29, 0.717) is 5.54 Å². The van der Waals surface area contributed by atoms with Gasteiger partial charge in [0, 0.05) is 28.3 Å². The van der Waals surface area contributed by atoms with E-state index in [2.05, 4.69) is 38.4 Å². The van der Waals surface area contributed by atoms with E-state index in [4.69, 9.17) is 0 Å². The summed E-state index contributed by atoms with van der Waals surface area (Å²) >= 11 is 3.46. The van der Waals surface area contributed by atoms with Crippen molar-refractivity contribution in [3.05, 3.63) is 28.5 Å². The Hall–Kier alpha value is -0.410. The van der Waals surface area contributed by atoms with E-state index in [1.54, 1.807) is 0 Å². The number of hydrogen-bond donors (Lipinski definition) is 1. The van der Waals surface area contributed by atoms with Gasteiger partial charge in [-0.15, -0.1) is 0 Å². The molecule has 1 aromatic rings. The summed E-state index contributed by atoms with van der Waals surface area (Å²) in [7, 11) is 0. The Kier molecular flexibility index (Phi) is 3.71. The summed E-state index contributed by atoms with van der Waals surface area (Å²) in [6.07, 6.45) is 11.3. The van der Waals surface area contributed by atoms with Crippen molar-refractivity contribution < 1.29 is 0 Å². The lowest BCUT2D eigenvalue weighted by atomic mass is 9.83. The van der Waals surface area contributed by atoms with Gasteiger partial charge in [-0.05, 0) is 66.2 Å². The monoisotopic (exact) mass is 308 g/mol. The summed E-state index contributed by atoms with van der Waals surface area (Å²) in [5.41, 5.74) is 1.58. The second kappa shape index (κ2) is 5.30. The van der Waals surface area contributed by atoms with E-state index in [9.17, 15) is 0 Å². The average molecular weight is 309 g/mol. The second-order valence-corrected chi connectivity index (χ2v) is 6.73. The molecule has 0 aromatic carbocycles. The van der Waals surface area contributed by atoms with Gasteiger partial charge in [-0.2, -0.15) is 0 Å². The highest BCUT2D eigenvalue weighted by Gasteiger charge is 2.44. The molecule has 98 valence electrons. The van der Waals surface area contributed by atoms with Crippen LogP contribution in [0.4, 0.5) is 0 Å². The topological polar surface area (TPSA) is 24.9 Å². The maximum Gasteiger partial charge on any atom is 0.0422 e. The SMILES string of the molecule is Brc1ccc(CC2(C3CC3)CCCCCN2)nc1. The lowest BCUT2D eigenvalue weighted by molar-refractivity contribution is 0.268. The van der Waals surface area contributed by atoms with Gasteiger partial charge in [0.1, 0.15) is 0 Å². The van der Waals surface area contributed by atoms with Crippen LogP contribution >= 0.6 is 15.9 Å². The smallest absolute Gasteiger partial charge is 0.0422 e. The molecule has 2 nitrogen and oxygen atoms in total. The molecule has 1 aliphatic heterocycles. The normalized spacial score (nSPS) is 28.9. The predicted octanol–water partition coefficient (Wildman–Crippen LogP) is 3.70. The number of nitrogens with one attached hydrogen (secondary N) is 1. The van der Waals surface area contributed by atoms with Crippen LogP contribution in [0.3, 0.4) is 0 Å². The van der Waals surface area contributed by atoms with Crippen LogP contribution < -0.4 is 5.32 Å². The fourth-order valence-corrected chi connectivity index (χ4v) is 3.52. The Balaban J connectivity index is 1.78. The summed E-state index contributed by atoms with van der Waals surface area (Å²) < 4.78 is 1.07. The maximum absolute atomic E-state index is 4.57. The average Bonchev–Trinajstić information content (AvgIpc) is 3.18. The number of aromatic nitrogens is 1. The Morgan fingerprint density at radius 2 is 2.17 bits per heavy atom. The van der Waals surface area contributed by atoms with Crippen molar-refractivity contribution in [2.24, 2.45) is 5.92 Å². The molecule has 3 heteroatoms. The first kappa shape index (κ1) is 12.6. The van der Waals surface area contributed by atoms with Gasteiger partial charge < -0.3 is 5.32 Å². The number of hydrogen-bond acceptors (Lipinski definition) is 2. The summed E-state index contributed by atoms with van der Waals surface area (Å²) in [6, 6.07) is 4.28. The minimum absolute atomic E-state index is 0.345. The summed E-state index contributed by atoms with van der Waals surface area (Å²) in [4.78, 5) is 4.57. The van der Waals surface area contributed by atoms with Crippen LogP contribution in [-0.2, 0) is 6.42 Å². The van der Waals surface area contributed by atoms with E-state index in [1.165, 1.54) is 50.8 Å². The van der Waals surface area contributed by atoms with Gasteiger partial charge in [-0.3, -0.25) is 4.98 Å². The minimum atomic E-state index is 0.345. The number of pyridine rings is 1. The van der Waals surface area contributed by atoms with Crippen molar-refractivity contribution in [1.29, 1.82) is 0 Å². The molecule has 0 radical (unpaired) electrons. The Bertz CT molecular complexity index is 389. The van der Waals surface area contributed by atoms with Gasteiger partial charge >= 0.3 is 0 Å². The van der Waals surface area contributed by atoms with Crippen molar-refractivity contribution in [1.82, 2.24) is 10.3 Å². The zero-order chi connectivity index (χ0) is 12.4. The molecule has 1 aliphatic carbocycles. The van der Waals surface area contributed by atoms with Gasteiger partial charge in [0.2, 0.25) is 0 Å². The van der Waals surface area contributed by atoms with Crippen LogP contribution in [0.1, 0.15) is 44.2 Å². The molecule has 18 heavy (non-hydrogen) atoms. The highest BCUT2D eigenvalue weighted by molar-refractivity contribution is 9.10. The molecular formula is C15H21BrN2. The third-order valence-electron chi connectivity index (χ3n) is 4.42. The first-order valence-electron chi connectivity index (χ1n) is 7.14. The molecule has 2 aliphatic rings. The lowest BCUT2D eigenvalue weighted by Gasteiger charge is -2.34. The van der Waals surface area contributed by atoms with Crippen LogP contribution in [0.5, 0.6) is 0 Å². The van der Waals surface area contributed by atoms with Crippen LogP contribution in [0.25, 0.3) is 0 Å². The highest BCUT2D eigenvalue weighted by Crippen LogP contribution is 2.44. The molecule has 1 unspecified atom stereocenters. The molecular weight excluding hydrogens is 288 g/mol. The van der Waals surface area contributed by atoms with Crippen molar-refractivity contribution in [3.63, 3.8) is 0 Å². The molecule has 1 saturated heterocycles.